The third kappa shape index (κ3) is 3.85. The van der Waals surface area contributed by atoms with Crippen LogP contribution in [0.5, 0.6) is 0 Å². The molecule has 0 aliphatic carbocycles. The van der Waals surface area contributed by atoms with Crippen LogP contribution in [-0.2, 0) is 25.5 Å². The van der Waals surface area contributed by atoms with E-state index >= 15 is 0 Å². The molecule has 6 heteroatoms. The lowest BCUT2D eigenvalue weighted by molar-refractivity contribution is -0.138. The molecule has 1 aromatic carbocycles. The minimum absolute atomic E-state index is 0.0167. The molecule has 0 spiro atoms. The van der Waals surface area contributed by atoms with Gasteiger partial charge in [-0.2, -0.15) is 0 Å². The van der Waals surface area contributed by atoms with Crippen molar-refractivity contribution in [2.24, 2.45) is 0 Å². The summed E-state index contributed by atoms with van der Waals surface area (Å²) in [5.41, 5.74) is 1.39. The van der Waals surface area contributed by atoms with Gasteiger partial charge in [0.25, 0.3) is 0 Å². The van der Waals surface area contributed by atoms with Gasteiger partial charge in [0.05, 0.1) is 26.2 Å². The maximum Gasteiger partial charge on any atom is 0.230 e. The molecule has 0 radical (unpaired) electrons. The van der Waals surface area contributed by atoms with Crippen molar-refractivity contribution in [3.63, 3.8) is 0 Å². The zero-order valence-corrected chi connectivity index (χ0v) is 15.0. The molecule has 3 rings (SSSR count). The molecule has 1 fully saturated rings. The minimum atomic E-state index is -0.800. The Morgan fingerprint density at radius 1 is 1.28 bits per heavy atom. The van der Waals surface area contributed by atoms with Gasteiger partial charge in [0.1, 0.15) is 5.60 Å². The second kappa shape index (κ2) is 7.54. The van der Waals surface area contributed by atoms with Crippen molar-refractivity contribution in [3.05, 3.63) is 29.8 Å². The maximum absolute atomic E-state index is 13.1. The predicted octanol–water partition coefficient (Wildman–Crippen LogP) is 1.62. The summed E-state index contributed by atoms with van der Waals surface area (Å²) < 4.78 is 11.4. The molecule has 1 unspecified atom stereocenters. The largest absolute Gasteiger partial charge is 0.377 e. The summed E-state index contributed by atoms with van der Waals surface area (Å²) in [7, 11) is 1.59. The Labute approximate surface area is 148 Å². The van der Waals surface area contributed by atoms with Gasteiger partial charge in [-0.25, -0.2) is 0 Å². The molecule has 0 bridgehead atoms. The van der Waals surface area contributed by atoms with Gasteiger partial charge in [-0.15, -0.1) is 0 Å². The quantitative estimate of drug-likeness (QED) is 0.834. The Bertz CT molecular complexity index is 648. The second-order valence-electron chi connectivity index (χ2n) is 6.83. The van der Waals surface area contributed by atoms with Crippen molar-refractivity contribution in [1.82, 2.24) is 4.90 Å². The molecule has 2 aliphatic heterocycles. The third-order valence-electron chi connectivity index (χ3n) is 5.11. The van der Waals surface area contributed by atoms with Crippen molar-refractivity contribution in [2.75, 3.05) is 44.9 Å². The molecular formula is C19H26N2O4. The number of ether oxygens (including phenoxy) is 2. The molecular weight excluding hydrogens is 320 g/mol. The van der Waals surface area contributed by atoms with Gasteiger partial charge in [0.2, 0.25) is 11.8 Å². The van der Waals surface area contributed by atoms with E-state index in [1.165, 1.54) is 12.5 Å². The topological polar surface area (TPSA) is 59.1 Å². The molecule has 6 nitrogen and oxygen atoms in total. The molecule has 2 aliphatic rings. The van der Waals surface area contributed by atoms with Crippen molar-refractivity contribution in [3.8, 4) is 0 Å². The van der Waals surface area contributed by atoms with Crippen molar-refractivity contribution < 1.29 is 19.1 Å². The van der Waals surface area contributed by atoms with Crippen LogP contribution in [0.15, 0.2) is 24.3 Å². The predicted molar refractivity (Wildman–Crippen MR) is 94.5 cm³/mol. The summed E-state index contributed by atoms with van der Waals surface area (Å²) in [5, 5.41) is 0. The summed E-state index contributed by atoms with van der Waals surface area (Å²) in [6.45, 7) is 3.93. The number of aryl methyl sites for hydroxylation is 1. The third-order valence-corrected chi connectivity index (χ3v) is 5.11. The fourth-order valence-electron chi connectivity index (χ4n) is 3.64. The molecule has 0 aromatic heterocycles. The minimum Gasteiger partial charge on any atom is -0.377 e. The number of nitrogens with zero attached hydrogens (tertiary/aromatic N) is 2. The number of benzene rings is 1. The van der Waals surface area contributed by atoms with Gasteiger partial charge < -0.3 is 19.3 Å². The molecule has 25 heavy (non-hydrogen) atoms. The lowest BCUT2D eigenvalue weighted by atomic mass is 9.96. The number of anilines is 1. The Kier molecular flexibility index (Phi) is 5.39. The average Bonchev–Trinajstić information content (AvgIpc) is 2.84. The van der Waals surface area contributed by atoms with Crippen molar-refractivity contribution >= 4 is 17.5 Å². The van der Waals surface area contributed by atoms with E-state index in [9.17, 15) is 9.59 Å². The Morgan fingerprint density at radius 2 is 2.08 bits per heavy atom. The Hall–Kier alpha value is -1.92. The zero-order valence-electron chi connectivity index (χ0n) is 15.0. The van der Waals surface area contributed by atoms with E-state index < -0.39 is 5.60 Å². The molecule has 2 amide bonds. The number of hydrogen-bond acceptors (Lipinski definition) is 4. The van der Waals surface area contributed by atoms with Gasteiger partial charge in [-0.05, 0) is 24.5 Å². The molecule has 2 heterocycles. The zero-order chi connectivity index (χ0) is 17.9. The summed E-state index contributed by atoms with van der Waals surface area (Å²) in [4.78, 5) is 28.4. The molecule has 0 N–H and O–H groups in total. The van der Waals surface area contributed by atoms with Crippen LogP contribution >= 0.6 is 0 Å². The van der Waals surface area contributed by atoms with Crippen LogP contribution < -0.4 is 4.90 Å². The standard InChI is InChI=1S/C19H26N2O4/c1-15(22)20-10-11-25-14-19(13-20,24-2)12-18(23)21-9-5-7-16-6-3-4-8-17(16)21/h3-4,6,8H,5,7,9-14H2,1-2H3. The van der Waals surface area contributed by atoms with E-state index in [0.717, 1.165) is 18.5 Å². The number of carbonyl (C=O) groups is 2. The van der Waals surface area contributed by atoms with Crippen molar-refractivity contribution in [1.29, 1.82) is 0 Å². The normalized spacial score (nSPS) is 23.8. The average molecular weight is 346 g/mol. The highest BCUT2D eigenvalue weighted by Gasteiger charge is 2.39. The number of amides is 2. The van der Waals surface area contributed by atoms with Crippen LogP contribution in [0, 0.1) is 0 Å². The fraction of sp³-hybridized carbons (Fsp3) is 0.579. The highest BCUT2D eigenvalue weighted by Crippen LogP contribution is 2.29. The molecule has 1 atom stereocenters. The second-order valence-corrected chi connectivity index (χ2v) is 6.83. The van der Waals surface area contributed by atoms with Crippen LogP contribution in [0.25, 0.3) is 0 Å². The van der Waals surface area contributed by atoms with E-state index in [0.29, 0.717) is 32.8 Å². The number of hydrogen-bond donors (Lipinski definition) is 0. The highest BCUT2D eigenvalue weighted by atomic mass is 16.5. The van der Waals surface area contributed by atoms with E-state index in [-0.39, 0.29) is 18.2 Å². The van der Waals surface area contributed by atoms with Gasteiger partial charge >= 0.3 is 0 Å². The van der Waals surface area contributed by atoms with E-state index in [1.807, 2.05) is 23.1 Å². The Balaban J connectivity index is 1.79. The Morgan fingerprint density at radius 3 is 2.84 bits per heavy atom. The molecule has 1 saturated heterocycles. The first kappa shape index (κ1) is 17.9. The summed E-state index contributed by atoms with van der Waals surface area (Å²) in [5.74, 6) is -0.00862. The highest BCUT2D eigenvalue weighted by molar-refractivity contribution is 5.95. The van der Waals surface area contributed by atoms with E-state index in [1.54, 1.807) is 12.0 Å². The smallest absolute Gasteiger partial charge is 0.230 e. The number of carbonyl (C=O) groups excluding carboxylic acids is 2. The maximum atomic E-state index is 13.1. The number of methoxy groups -OCH3 is 1. The summed E-state index contributed by atoms with van der Waals surface area (Å²) >= 11 is 0. The summed E-state index contributed by atoms with van der Waals surface area (Å²) in [6, 6.07) is 8.04. The van der Waals surface area contributed by atoms with E-state index in [2.05, 4.69) is 6.07 Å². The number of rotatable bonds is 3. The van der Waals surface area contributed by atoms with Crippen LogP contribution in [0.2, 0.25) is 0 Å². The first-order valence-corrected chi connectivity index (χ1v) is 8.81. The van der Waals surface area contributed by atoms with Gasteiger partial charge in [-0.1, -0.05) is 18.2 Å². The number of fused-ring (bicyclic) bond motifs is 1. The van der Waals surface area contributed by atoms with Gasteiger partial charge in [-0.3, -0.25) is 9.59 Å². The lowest BCUT2D eigenvalue weighted by Gasteiger charge is -2.36. The SMILES string of the molecule is COC1(CC(=O)N2CCCc3ccccc32)COCCN(C(C)=O)C1. The van der Waals surface area contributed by atoms with Crippen LogP contribution in [-0.4, -0.2) is 62.3 Å². The van der Waals surface area contributed by atoms with Crippen LogP contribution in [0.3, 0.4) is 0 Å². The molecule has 0 saturated carbocycles. The lowest BCUT2D eigenvalue weighted by Crippen LogP contribution is -2.51. The van der Waals surface area contributed by atoms with Crippen molar-refractivity contribution in [2.45, 2.75) is 31.8 Å². The van der Waals surface area contributed by atoms with Crippen LogP contribution in [0.4, 0.5) is 5.69 Å². The van der Waals surface area contributed by atoms with E-state index in [4.69, 9.17) is 9.47 Å². The first-order valence-electron chi connectivity index (χ1n) is 8.81. The number of para-hydroxylation sites is 1. The van der Waals surface area contributed by atoms with Gasteiger partial charge in [0, 0.05) is 32.8 Å². The van der Waals surface area contributed by atoms with Gasteiger partial charge in [0.15, 0.2) is 0 Å². The summed E-state index contributed by atoms with van der Waals surface area (Å²) in [6.07, 6.45) is 2.15. The first-order chi connectivity index (χ1) is 12.0. The molecule has 136 valence electrons. The molecule has 1 aromatic rings. The van der Waals surface area contributed by atoms with Crippen LogP contribution in [0.1, 0.15) is 25.3 Å². The monoisotopic (exact) mass is 346 g/mol. The fourth-order valence-corrected chi connectivity index (χ4v) is 3.64.